The SMILES string of the molecule is CCNC(C)CC(C)(C)c1ccc(OCC)c(OCC)c1. The zero-order chi connectivity index (χ0) is 15.9. The summed E-state index contributed by atoms with van der Waals surface area (Å²) in [5.74, 6) is 1.68. The maximum absolute atomic E-state index is 5.74. The van der Waals surface area contributed by atoms with Crippen molar-refractivity contribution in [1.82, 2.24) is 5.32 Å². The highest BCUT2D eigenvalue weighted by Crippen LogP contribution is 2.35. The molecule has 3 nitrogen and oxygen atoms in total. The number of nitrogens with one attached hydrogen (secondary N) is 1. The second-order valence-electron chi connectivity index (χ2n) is 6.07. The highest BCUT2D eigenvalue weighted by Gasteiger charge is 2.24. The Morgan fingerprint density at radius 3 is 2.24 bits per heavy atom. The molecule has 1 unspecified atom stereocenters. The standard InChI is InChI=1S/C18H31NO2/c1-7-19-14(4)13-18(5,6)15-10-11-16(20-8-2)17(12-15)21-9-3/h10-12,14,19H,7-9,13H2,1-6H3. The van der Waals surface area contributed by atoms with Crippen LogP contribution in [0.3, 0.4) is 0 Å². The van der Waals surface area contributed by atoms with E-state index in [1.165, 1.54) is 5.56 Å². The van der Waals surface area contributed by atoms with Gasteiger partial charge in [-0.3, -0.25) is 0 Å². The topological polar surface area (TPSA) is 30.5 Å². The van der Waals surface area contributed by atoms with Crippen molar-refractivity contribution >= 4 is 0 Å². The van der Waals surface area contributed by atoms with Gasteiger partial charge in [0.1, 0.15) is 0 Å². The maximum atomic E-state index is 5.74. The Bertz CT molecular complexity index is 429. The lowest BCUT2D eigenvalue weighted by Crippen LogP contribution is -2.33. The van der Waals surface area contributed by atoms with E-state index < -0.39 is 0 Å². The van der Waals surface area contributed by atoms with E-state index in [1.807, 2.05) is 19.9 Å². The summed E-state index contributed by atoms with van der Waals surface area (Å²) in [6.07, 6.45) is 1.08. The van der Waals surface area contributed by atoms with Crippen LogP contribution in [-0.4, -0.2) is 25.8 Å². The summed E-state index contributed by atoms with van der Waals surface area (Å²) in [7, 11) is 0. The molecule has 0 aliphatic carbocycles. The van der Waals surface area contributed by atoms with Crippen LogP contribution in [0.5, 0.6) is 11.5 Å². The van der Waals surface area contributed by atoms with Gasteiger partial charge in [0, 0.05) is 6.04 Å². The van der Waals surface area contributed by atoms with Gasteiger partial charge in [0.15, 0.2) is 11.5 Å². The first-order valence-electron chi connectivity index (χ1n) is 8.08. The maximum Gasteiger partial charge on any atom is 0.161 e. The Balaban J connectivity index is 2.97. The minimum atomic E-state index is 0.0954. The zero-order valence-electron chi connectivity index (χ0n) is 14.5. The average molecular weight is 293 g/mol. The molecule has 1 atom stereocenters. The summed E-state index contributed by atoms with van der Waals surface area (Å²) in [5, 5.41) is 3.49. The summed E-state index contributed by atoms with van der Waals surface area (Å²) in [5.41, 5.74) is 1.39. The average Bonchev–Trinajstić information content (AvgIpc) is 2.40. The van der Waals surface area contributed by atoms with Gasteiger partial charge >= 0.3 is 0 Å². The smallest absolute Gasteiger partial charge is 0.161 e. The molecular weight excluding hydrogens is 262 g/mol. The number of hydrogen-bond acceptors (Lipinski definition) is 3. The van der Waals surface area contributed by atoms with Crippen molar-refractivity contribution in [2.75, 3.05) is 19.8 Å². The van der Waals surface area contributed by atoms with E-state index in [9.17, 15) is 0 Å². The van der Waals surface area contributed by atoms with E-state index in [2.05, 4.69) is 45.1 Å². The third kappa shape index (κ3) is 5.24. The highest BCUT2D eigenvalue weighted by molar-refractivity contribution is 5.45. The molecule has 21 heavy (non-hydrogen) atoms. The van der Waals surface area contributed by atoms with Crippen molar-refractivity contribution in [3.8, 4) is 11.5 Å². The molecule has 120 valence electrons. The minimum Gasteiger partial charge on any atom is -0.490 e. The van der Waals surface area contributed by atoms with Gasteiger partial charge in [-0.25, -0.2) is 0 Å². The second-order valence-corrected chi connectivity index (χ2v) is 6.07. The van der Waals surface area contributed by atoms with Crippen molar-refractivity contribution in [1.29, 1.82) is 0 Å². The molecule has 1 aromatic carbocycles. The third-order valence-corrected chi connectivity index (χ3v) is 3.69. The van der Waals surface area contributed by atoms with E-state index in [0.29, 0.717) is 19.3 Å². The van der Waals surface area contributed by atoms with Gasteiger partial charge < -0.3 is 14.8 Å². The lowest BCUT2D eigenvalue weighted by atomic mass is 9.79. The first kappa shape index (κ1) is 17.8. The minimum absolute atomic E-state index is 0.0954. The predicted molar refractivity (Wildman–Crippen MR) is 89.6 cm³/mol. The summed E-state index contributed by atoms with van der Waals surface area (Å²) >= 11 is 0. The molecule has 0 aliphatic heterocycles. The number of hydrogen-bond donors (Lipinski definition) is 1. The predicted octanol–water partition coefficient (Wildman–Crippen LogP) is 4.15. The molecule has 0 aromatic heterocycles. The summed E-state index contributed by atoms with van der Waals surface area (Å²) in [6.45, 7) is 15.3. The van der Waals surface area contributed by atoms with Crippen LogP contribution in [0, 0.1) is 0 Å². The molecular formula is C18H31NO2. The lowest BCUT2D eigenvalue weighted by molar-refractivity contribution is 0.286. The van der Waals surface area contributed by atoms with Gasteiger partial charge in [-0.15, -0.1) is 0 Å². The molecule has 0 aliphatic rings. The van der Waals surface area contributed by atoms with E-state index in [1.54, 1.807) is 0 Å². The van der Waals surface area contributed by atoms with Crippen LogP contribution >= 0.6 is 0 Å². The molecule has 0 saturated heterocycles. The largest absolute Gasteiger partial charge is 0.490 e. The molecule has 0 saturated carbocycles. The van der Waals surface area contributed by atoms with Gasteiger partial charge in [0.25, 0.3) is 0 Å². The Morgan fingerprint density at radius 2 is 1.67 bits per heavy atom. The molecule has 1 aromatic rings. The molecule has 0 amide bonds. The van der Waals surface area contributed by atoms with Gasteiger partial charge in [-0.2, -0.15) is 0 Å². The van der Waals surface area contributed by atoms with Crippen molar-refractivity contribution in [2.45, 2.75) is 59.4 Å². The van der Waals surface area contributed by atoms with Gasteiger partial charge in [-0.1, -0.05) is 26.8 Å². The second kappa shape index (κ2) is 8.28. The van der Waals surface area contributed by atoms with E-state index >= 15 is 0 Å². The van der Waals surface area contributed by atoms with Crippen LogP contribution in [0.25, 0.3) is 0 Å². The third-order valence-electron chi connectivity index (χ3n) is 3.69. The van der Waals surface area contributed by atoms with Crippen LogP contribution in [0.4, 0.5) is 0 Å². The van der Waals surface area contributed by atoms with Crippen LogP contribution in [0.15, 0.2) is 18.2 Å². The number of ether oxygens (including phenoxy) is 2. The van der Waals surface area contributed by atoms with Gasteiger partial charge in [0.05, 0.1) is 13.2 Å². The van der Waals surface area contributed by atoms with E-state index in [-0.39, 0.29) is 5.41 Å². The number of rotatable bonds is 9. The molecule has 0 bridgehead atoms. The van der Waals surface area contributed by atoms with Crippen LogP contribution in [0.2, 0.25) is 0 Å². The Kier molecular flexibility index (Phi) is 7.03. The molecule has 1 rings (SSSR count). The molecule has 1 N–H and O–H groups in total. The van der Waals surface area contributed by atoms with Crippen molar-refractivity contribution in [3.63, 3.8) is 0 Å². The quantitative estimate of drug-likeness (QED) is 0.742. The molecule has 3 heteroatoms. The lowest BCUT2D eigenvalue weighted by Gasteiger charge is -2.29. The van der Waals surface area contributed by atoms with Crippen molar-refractivity contribution in [2.24, 2.45) is 0 Å². The van der Waals surface area contributed by atoms with E-state index in [0.717, 1.165) is 24.5 Å². The van der Waals surface area contributed by atoms with Crippen molar-refractivity contribution < 1.29 is 9.47 Å². The first-order chi connectivity index (χ1) is 9.94. The highest BCUT2D eigenvalue weighted by atomic mass is 16.5. The summed E-state index contributed by atoms with van der Waals surface area (Å²) in [4.78, 5) is 0. The fourth-order valence-corrected chi connectivity index (χ4v) is 2.78. The normalized spacial score (nSPS) is 13.0. The molecule has 0 fully saturated rings. The van der Waals surface area contributed by atoms with Crippen molar-refractivity contribution in [3.05, 3.63) is 23.8 Å². The molecule has 0 spiro atoms. The Morgan fingerprint density at radius 1 is 1.05 bits per heavy atom. The Labute approximate surface area is 130 Å². The van der Waals surface area contributed by atoms with E-state index in [4.69, 9.17) is 9.47 Å². The first-order valence-corrected chi connectivity index (χ1v) is 8.08. The zero-order valence-corrected chi connectivity index (χ0v) is 14.5. The molecule has 0 heterocycles. The van der Waals surface area contributed by atoms with Gasteiger partial charge in [-0.05, 0) is 56.8 Å². The van der Waals surface area contributed by atoms with Crippen LogP contribution < -0.4 is 14.8 Å². The Hall–Kier alpha value is -1.22. The van der Waals surface area contributed by atoms with Gasteiger partial charge in [0.2, 0.25) is 0 Å². The van der Waals surface area contributed by atoms with Crippen LogP contribution in [-0.2, 0) is 5.41 Å². The molecule has 0 radical (unpaired) electrons. The monoisotopic (exact) mass is 293 g/mol. The summed E-state index contributed by atoms with van der Waals surface area (Å²) in [6, 6.07) is 6.81. The number of benzene rings is 1. The van der Waals surface area contributed by atoms with Crippen LogP contribution in [0.1, 0.15) is 53.5 Å². The summed E-state index contributed by atoms with van der Waals surface area (Å²) < 4.78 is 11.4. The fraction of sp³-hybridized carbons (Fsp3) is 0.667. The fourth-order valence-electron chi connectivity index (χ4n) is 2.78.